The maximum absolute atomic E-state index is 11.9. The number of nitrogens with zero attached hydrogens (tertiary/aromatic N) is 2. The van der Waals surface area contributed by atoms with Gasteiger partial charge in [0, 0.05) is 18.8 Å². The number of carbonyl (C=O) groups excluding carboxylic acids is 1. The molecular weight excluding hydrogens is 298 g/mol. The fourth-order valence-corrected chi connectivity index (χ4v) is 2.28. The standard InChI is InChI=1S/C16H19N3O4/c1-11-13(9-19(2)18-11)14(8-15(20)21)17-16(22)23-10-12-6-4-3-5-7-12/h3-7,9,14H,8,10H2,1-2H3,(H,17,22)(H,20,21)/t14-/m1/s1. The average Bonchev–Trinajstić information content (AvgIpc) is 2.84. The summed E-state index contributed by atoms with van der Waals surface area (Å²) in [4.78, 5) is 23.0. The summed E-state index contributed by atoms with van der Waals surface area (Å²) in [5, 5.41) is 15.8. The number of hydrogen-bond acceptors (Lipinski definition) is 4. The van der Waals surface area contributed by atoms with Crippen LogP contribution in [0, 0.1) is 6.92 Å². The number of aliphatic carboxylic acids is 1. The topological polar surface area (TPSA) is 93.5 Å². The van der Waals surface area contributed by atoms with E-state index in [4.69, 9.17) is 9.84 Å². The Kier molecular flexibility index (Phi) is 5.35. The first kappa shape index (κ1) is 16.5. The third-order valence-electron chi connectivity index (χ3n) is 3.31. The van der Waals surface area contributed by atoms with Crippen LogP contribution in [0.2, 0.25) is 0 Å². The lowest BCUT2D eigenvalue weighted by molar-refractivity contribution is -0.137. The summed E-state index contributed by atoms with van der Waals surface area (Å²) in [7, 11) is 1.74. The van der Waals surface area contributed by atoms with Gasteiger partial charge >= 0.3 is 12.1 Å². The van der Waals surface area contributed by atoms with Crippen LogP contribution >= 0.6 is 0 Å². The van der Waals surface area contributed by atoms with Crippen molar-refractivity contribution in [1.29, 1.82) is 0 Å². The predicted molar refractivity (Wildman–Crippen MR) is 82.7 cm³/mol. The zero-order chi connectivity index (χ0) is 16.8. The number of nitrogens with one attached hydrogen (secondary N) is 1. The lowest BCUT2D eigenvalue weighted by Gasteiger charge is -2.16. The van der Waals surface area contributed by atoms with Crippen LogP contribution in [-0.4, -0.2) is 26.9 Å². The Hall–Kier alpha value is -2.83. The van der Waals surface area contributed by atoms with E-state index >= 15 is 0 Å². The lowest BCUT2D eigenvalue weighted by atomic mass is 10.1. The fraction of sp³-hybridized carbons (Fsp3) is 0.312. The Morgan fingerprint density at radius 3 is 2.61 bits per heavy atom. The van der Waals surface area contributed by atoms with Crippen LogP contribution in [0.5, 0.6) is 0 Å². The van der Waals surface area contributed by atoms with Gasteiger partial charge in [0.05, 0.1) is 18.2 Å². The van der Waals surface area contributed by atoms with Crippen molar-refractivity contribution < 1.29 is 19.4 Å². The van der Waals surface area contributed by atoms with Gasteiger partial charge in [-0.2, -0.15) is 5.10 Å². The van der Waals surface area contributed by atoms with Crippen LogP contribution in [0.4, 0.5) is 4.79 Å². The normalized spacial score (nSPS) is 11.7. The van der Waals surface area contributed by atoms with Crippen LogP contribution in [-0.2, 0) is 23.2 Å². The van der Waals surface area contributed by atoms with Crippen LogP contribution in [0.3, 0.4) is 0 Å². The molecule has 7 heteroatoms. The number of aryl methyl sites for hydroxylation is 2. The Morgan fingerprint density at radius 2 is 2.04 bits per heavy atom. The highest BCUT2D eigenvalue weighted by Crippen LogP contribution is 2.20. The van der Waals surface area contributed by atoms with Crippen LogP contribution < -0.4 is 5.32 Å². The molecule has 122 valence electrons. The molecule has 2 N–H and O–H groups in total. The molecule has 0 saturated carbocycles. The van der Waals surface area contributed by atoms with Crippen molar-refractivity contribution in [3.8, 4) is 0 Å². The van der Waals surface area contributed by atoms with Crippen molar-refractivity contribution in [3.05, 3.63) is 53.3 Å². The van der Waals surface area contributed by atoms with Crippen LogP contribution in [0.25, 0.3) is 0 Å². The molecule has 0 radical (unpaired) electrons. The molecule has 0 aliphatic rings. The third-order valence-corrected chi connectivity index (χ3v) is 3.31. The van der Waals surface area contributed by atoms with Gasteiger partial charge in [0.15, 0.2) is 0 Å². The van der Waals surface area contributed by atoms with Gasteiger partial charge in [-0.1, -0.05) is 30.3 Å². The molecule has 2 rings (SSSR count). The van der Waals surface area contributed by atoms with Crippen LogP contribution in [0.15, 0.2) is 36.5 Å². The summed E-state index contributed by atoms with van der Waals surface area (Å²) in [6.07, 6.45) is 0.788. The molecule has 0 aliphatic heterocycles. The summed E-state index contributed by atoms with van der Waals surface area (Å²) >= 11 is 0. The van der Waals surface area contributed by atoms with Gasteiger partial charge in [-0.15, -0.1) is 0 Å². The minimum absolute atomic E-state index is 0.123. The van der Waals surface area contributed by atoms with E-state index in [0.717, 1.165) is 5.56 Å². The van der Waals surface area contributed by atoms with E-state index in [1.807, 2.05) is 30.3 Å². The average molecular weight is 317 g/mol. The number of benzene rings is 1. The minimum atomic E-state index is -1.01. The molecule has 1 atom stereocenters. The first-order valence-corrected chi connectivity index (χ1v) is 7.15. The van der Waals surface area contributed by atoms with E-state index in [-0.39, 0.29) is 13.0 Å². The van der Waals surface area contributed by atoms with E-state index in [1.54, 1.807) is 24.9 Å². The smallest absolute Gasteiger partial charge is 0.407 e. The highest BCUT2D eigenvalue weighted by molar-refractivity contribution is 5.72. The van der Waals surface area contributed by atoms with E-state index in [2.05, 4.69) is 10.4 Å². The number of carbonyl (C=O) groups is 2. The van der Waals surface area contributed by atoms with Crippen molar-refractivity contribution in [2.45, 2.75) is 26.0 Å². The number of amides is 1. The van der Waals surface area contributed by atoms with Gasteiger partial charge in [-0.3, -0.25) is 9.48 Å². The van der Waals surface area contributed by atoms with E-state index in [0.29, 0.717) is 11.3 Å². The number of rotatable bonds is 6. The number of carboxylic acids is 1. The molecule has 0 aliphatic carbocycles. The highest BCUT2D eigenvalue weighted by atomic mass is 16.5. The molecule has 1 heterocycles. The zero-order valence-corrected chi connectivity index (χ0v) is 13.0. The van der Waals surface area contributed by atoms with E-state index in [9.17, 15) is 9.59 Å². The summed E-state index contributed by atoms with van der Waals surface area (Å²) in [5.41, 5.74) is 2.18. The molecule has 23 heavy (non-hydrogen) atoms. The lowest BCUT2D eigenvalue weighted by Crippen LogP contribution is -2.30. The van der Waals surface area contributed by atoms with Crippen molar-refractivity contribution in [3.63, 3.8) is 0 Å². The number of hydrogen-bond donors (Lipinski definition) is 2. The van der Waals surface area contributed by atoms with Gasteiger partial charge in [-0.05, 0) is 12.5 Å². The molecule has 1 aromatic carbocycles. The van der Waals surface area contributed by atoms with E-state index in [1.165, 1.54) is 0 Å². The number of ether oxygens (including phenoxy) is 1. The van der Waals surface area contributed by atoms with Crippen molar-refractivity contribution in [2.24, 2.45) is 7.05 Å². The van der Waals surface area contributed by atoms with Crippen LogP contribution in [0.1, 0.15) is 29.3 Å². The summed E-state index contributed by atoms with van der Waals surface area (Å²) < 4.78 is 6.72. The maximum atomic E-state index is 11.9. The molecule has 1 amide bonds. The molecule has 0 spiro atoms. The molecule has 0 fully saturated rings. The first-order valence-electron chi connectivity index (χ1n) is 7.15. The number of aromatic nitrogens is 2. The van der Waals surface area contributed by atoms with Crippen molar-refractivity contribution in [1.82, 2.24) is 15.1 Å². The largest absolute Gasteiger partial charge is 0.481 e. The second kappa shape index (κ2) is 7.44. The Labute approximate surface area is 133 Å². The molecule has 0 saturated heterocycles. The van der Waals surface area contributed by atoms with Gasteiger partial charge in [0.2, 0.25) is 0 Å². The molecule has 7 nitrogen and oxygen atoms in total. The van der Waals surface area contributed by atoms with Gasteiger partial charge in [-0.25, -0.2) is 4.79 Å². The second-order valence-corrected chi connectivity index (χ2v) is 5.20. The molecule has 0 bridgehead atoms. The summed E-state index contributed by atoms with van der Waals surface area (Å²) in [6, 6.07) is 8.56. The molecule has 2 aromatic rings. The number of carboxylic acid groups (broad SMARTS) is 1. The first-order chi connectivity index (χ1) is 11.0. The third kappa shape index (κ3) is 4.84. The van der Waals surface area contributed by atoms with Gasteiger partial charge < -0.3 is 15.2 Å². The summed E-state index contributed by atoms with van der Waals surface area (Å²) in [5.74, 6) is -1.01. The maximum Gasteiger partial charge on any atom is 0.407 e. The van der Waals surface area contributed by atoms with Crippen molar-refractivity contribution in [2.75, 3.05) is 0 Å². The summed E-state index contributed by atoms with van der Waals surface area (Å²) in [6.45, 7) is 1.89. The van der Waals surface area contributed by atoms with Gasteiger partial charge in [0.1, 0.15) is 6.61 Å². The monoisotopic (exact) mass is 317 g/mol. The second-order valence-electron chi connectivity index (χ2n) is 5.20. The molecule has 0 unspecified atom stereocenters. The van der Waals surface area contributed by atoms with Gasteiger partial charge in [0.25, 0.3) is 0 Å². The Balaban J connectivity index is 2.01. The quantitative estimate of drug-likeness (QED) is 0.851. The Morgan fingerprint density at radius 1 is 1.35 bits per heavy atom. The minimum Gasteiger partial charge on any atom is -0.481 e. The van der Waals surface area contributed by atoms with E-state index < -0.39 is 18.1 Å². The fourth-order valence-electron chi connectivity index (χ4n) is 2.28. The predicted octanol–water partition coefficient (Wildman–Crippen LogP) is 2.17. The number of alkyl carbamates (subject to hydrolysis) is 1. The van der Waals surface area contributed by atoms with Crippen molar-refractivity contribution >= 4 is 12.1 Å². The SMILES string of the molecule is Cc1nn(C)cc1[C@@H](CC(=O)O)NC(=O)OCc1ccccc1. The highest BCUT2D eigenvalue weighted by Gasteiger charge is 2.22. The molecule has 1 aromatic heterocycles. The molecular formula is C16H19N3O4. The Bertz CT molecular complexity index is 682. The zero-order valence-electron chi connectivity index (χ0n) is 13.0.